The third-order valence-electron chi connectivity index (χ3n) is 7.66. The van der Waals surface area contributed by atoms with Crippen molar-refractivity contribution >= 4 is 63.1 Å². The summed E-state index contributed by atoms with van der Waals surface area (Å²) in [6.45, 7) is 0.206. The summed E-state index contributed by atoms with van der Waals surface area (Å²) in [4.78, 5) is 62.8. The second-order valence-corrected chi connectivity index (χ2v) is 11.1. The molecule has 4 heterocycles. The summed E-state index contributed by atoms with van der Waals surface area (Å²) in [5, 5.41) is 29.9. The number of fused-ring (bicyclic) bond motifs is 1. The minimum atomic E-state index is -0.515. The lowest BCUT2D eigenvalue weighted by molar-refractivity contribution is -0.383. The first-order valence-corrected chi connectivity index (χ1v) is 14.5. The third-order valence-corrected chi connectivity index (χ3v) is 7.66. The van der Waals surface area contributed by atoms with Crippen molar-refractivity contribution in [2.24, 2.45) is 33.9 Å². The van der Waals surface area contributed by atoms with E-state index in [9.17, 15) is 29.3 Å². The smallest absolute Gasteiger partial charge is 0.278 e. The molecule has 7 N–H and O–H groups in total. The van der Waals surface area contributed by atoms with Crippen LogP contribution >= 0.6 is 0 Å². The van der Waals surface area contributed by atoms with Gasteiger partial charge in [-0.15, -0.1) is 0 Å². The van der Waals surface area contributed by atoms with Crippen LogP contribution in [0.1, 0.15) is 48.4 Å². The number of nitrogens with one attached hydrogen (secondary N) is 5. The lowest BCUT2D eigenvalue weighted by Crippen LogP contribution is -2.28. The maximum absolute atomic E-state index is 13.2. The average Bonchev–Trinajstić information content (AvgIpc) is 3.77. The van der Waals surface area contributed by atoms with E-state index in [2.05, 4.69) is 21.3 Å². The summed E-state index contributed by atoms with van der Waals surface area (Å²) in [6, 6.07) is 10.6. The van der Waals surface area contributed by atoms with Crippen LogP contribution in [-0.2, 0) is 28.2 Å². The number of nitro groups is 1. The van der Waals surface area contributed by atoms with Gasteiger partial charge >= 0.3 is 0 Å². The van der Waals surface area contributed by atoms with Crippen molar-refractivity contribution in [1.29, 1.82) is 5.41 Å². The molecule has 0 fully saturated rings. The Morgan fingerprint density at radius 2 is 1.21 bits per heavy atom. The number of amidine groups is 1. The molecule has 0 aliphatic rings. The molecule has 0 aliphatic carbocycles. The fourth-order valence-corrected chi connectivity index (χ4v) is 5.28. The van der Waals surface area contributed by atoms with Crippen molar-refractivity contribution in [3.05, 3.63) is 93.9 Å². The van der Waals surface area contributed by atoms with Crippen molar-refractivity contribution in [1.82, 2.24) is 23.6 Å². The van der Waals surface area contributed by atoms with Gasteiger partial charge in [0.05, 0.1) is 38.7 Å². The molecule has 5 rings (SSSR count). The van der Waals surface area contributed by atoms with E-state index in [4.69, 9.17) is 11.1 Å². The quantitative estimate of drug-likeness (QED) is 0.0539. The molecule has 17 heteroatoms. The molecule has 248 valence electrons. The number of nitrogens with zero attached hydrogens (tertiary/aromatic N) is 5. The number of carbonyl (C=O) groups excluding carboxylic acids is 4. The molecule has 0 saturated heterocycles. The first-order valence-electron chi connectivity index (χ1n) is 14.5. The Hall–Kier alpha value is -6.65. The molecule has 5 aromatic rings. The summed E-state index contributed by atoms with van der Waals surface area (Å²) in [5.74, 6) is -1.92. The summed E-state index contributed by atoms with van der Waals surface area (Å²) >= 11 is 0. The van der Waals surface area contributed by atoms with Crippen LogP contribution in [-0.4, -0.2) is 59.2 Å². The zero-order chi connectivity index (χ0) is 34.9. The van der Waals surface area contributed by atoms with Gasteiger partial charge in [-0.05, 0) is 30.3 Å². The number of nitrogens with two attached hydrogens (primary N) is 1. The fourth-order valence-electron chi connectivity index (χ4n) is 5.28. The number of nitro benzene ring substituents is 1. The zero-order valence-corrected chi connectivity index (χ0v) is 26.5. The number of rotatable bonds is 11. The molecule has 0 radical (unpaired) electrons. The Balaban J connectivity index is 1.24. The van der Waals surface area contributed by atoms with Gasteiger partial charge in [-0.1, -0.05) is 6.07 Å². The summed E-state index contributed by atoms with van der Waals surface area (Å²) < 4.78 is 6.18. The predicted octanol–water partition coefficient (Wildman–Crippen LogP) is 2.91. The van der Waals surface area contributed by atoms with E-state index in [1.165, 1.54) is 39.5 Å². The third kappa shape index (κ3) is 6.64. The molecular formula is C31H33N11O6. The molecule has 4 amide bonds. The van der Waals surface area contributed by atoms with Gasteiger partial charge in [0.25, 0.3) is 29.3 Å². The van der Waals surface area contributed by atoms with Crippen LogP contribution in [0.3, 0.4) is 0 Å². The molecule has 0 atom stereocenters. The molecule has 48 heavy (non-hydrogen) atoms. The monoisotopic (exact) mass is 655 g/mol. The Morgan fingerprint density at radius 1 is 0.750 bits per heavy atom. The van der Waals surface area contributed by atoms with Gasteiger partial charge in [-0.2, -0.15) is 0 Å². The molecule has 0 bridgehead atoms. The van der Waals surface area contributed by atoms with Gasteiger partial charge in [0, 0.05) is 65.8 Å². The highest BCUT2D eigenvalue weighted by atomic mass is 16.6. The first-order chi connectivity index (χ1) is 22.7. The second kappa shape index (κ2) is 13.0. The largest absolute Gasteiger partial charge is 0.388 e. The van der Waals surface area contributed by atoms with Crippen molar-refractivity contribution < 1.29 is 24.1 Å². The summed E-state index contributed by atoms with van der Waals surface area (Å²) in [6.07, 6.45) is 4.92. The number of hydrogen-bond donors (Lipinski definition) is 6. The summed E-state index contributed by atoms with van der Waals surface area (Å²) in [7, 11) is 6.56. The maximum atomic E-state index is 13.2. The maximum Gasteiger partial charge on any atom is 0.278 e. The molecule has 17 nitrogen and oxygen atoms in total. The van der Waals surface area contributed by atoms with Gasteiger partial charge < -0.3 is 45.3 Å². The highest BCUT2D eigenvalue weighted by Gasteiger charge is 2.22. The molecule has 0 unspecified atom stereocenters. The van der Waals surface area contributed by atoms with Gasteiger partial charge in [0.2, 0.25) is 0 Å². The van der Waals surface area contributed by atoms with Crippen molar-refractivity contribution in [3.8, 4) is 0 Å². The number of carbonyl (C=O) groups is 4. The molecule has 1 aromatic carbocycles. The lowest BCUT2D eigenvalue weighted by atomic mass is 10.2. The number of aryl methyl sites for hydroxylation is 4. The van der Waals surface area contributed by atoms with Gasteiger partial charge in [-0.25, -0.2) is 0 Å². The van der Waals surface area contributed by atoms with Crippen LogP contribution in [0.4, 0.5) is 22.7 Å². The highest BCUT2D eigenvalue weighted by molar-refractivity contribution is 6.10. The topological polar surface area (TPSA) is 229 Å². The SMILES string of the molecule is Cn1cc(NC(=O)c2cc(NC(=O)c3cc(NC(=O)c4cc5c([N+](=O)[O-])cccc5n4C)cn3C)cn2C)cc1C(=O)NCCC(=N)N. The molecule has 0 aliphatic heterocycles. The van der Waals surface area contributed by atoms with Crippen molar-refractivity contribution in [2.75, 3.05) is 22.5 Å². The Bertz CT molecular complexity index is 2130. The standard InChI is InChI=1S/C31H33N11O6/c1-38-14-17(10-23(38)28(43)34-9-8-27(32)33)35-29(44)24-11-18(15-39(24)2)36-30(45)25-12-19(16-40(25)3)37-31(46)26-13-20-21(41(26)4)6-5-7-22(20)42(47)48/h5-7,10-16H,8-9H2,1-4H3,(H3,32,33)(H,34,43)(H,35,44)(H,36,45)(H,37,46). The van der Waals surface area contributed by atoms with Crippen LogP contribution in [0, 0.1) is 15.5 Å². The Morgan fingerprint density at radius 3 is 1.67 bits per heavy atom. The van der Waals surface area contributed by atoms with E-state index in [0.29, 0.717) is 33.7 Å². The van der Waals surface area contributed by atoms with E-state index >= 15 is 0 Å². The first kappa shape index (κ1) is 32.7. The average molecular weight is 656 g/mol. The predicted molar refractivity (Wildman–Crippen MR) is 179 cm³/mol. The van der Waals surface area contributed by atoms with E-state index in [0.717, 1.165) is 0 Å². The summed E-state index contributed by atoms with van der Waals surface area (Å²) in [5.41, 5.74) is 7.73. The van der Waals surface area contributed by atoms with Crippen LogP contribution in [0.25, 0.3) is 10.9 Å². The molecule has 4 aromatic heterocycles. The minimum absolute atomic E-state index is 0.0408. The highest BCUT2D eigenvalue weighted by Crippen LogP contribution is 2.29. The number of hydrogen-bond acceptors (Lipinski definition) is 7. The number of anilines is 3. The van der Waals surface area contributed by atoms with Crippen LogP contribution in [0.2, 0.25) is 0 Å². The van der Waals surface area contributed by atoms with Crippen molar-refractivity contribution in [2.45, 2.75) is 6.42 Å². The molecule has 0 saturated carbocycles. The zero-order valence-electron chi connectivity index (χ0n) is 26.5. The fraction of sp³-hybridized carbons (Fsp3) is 0.194. The van der Waals surface area contributed by atoms with E-state index in [1.807, 2.05) is 0 Å². The van der Waals surface area contributed by atoms with E-state index in [-0.39, 0.29) is 47.5 Å². The van der Waals surface area contributed by atoms with Gasteiger partial charge in [0.1, 0.15) is 22.8 Å². The van der Waals surface area contributed by atoms with Gasteiger partial charge in [-0.3, -0.25) is 34.7 Å². The Labute approximate surface area is 272 Å². The number of non-ortho nitro benzene ring substituents is 1. The van der Waals surface area contributed by atoms with Crippen LogP contribution in [0.5, 0.6) is 0 Å². The van der Waals surface area contributed by atoms with E-state index in [1.54, 1.807) is 68.0 Å². The molecular weight excluding hydrogens is 622 g/mol. The number of aromatic nitrogens is 4. The van der Waals surface area contributed by atoms with Gasteiger partial charge in [0.15, 0.2) is 0 Å². The minimum Gasteiger partial charge on any atom is -0.388 e. The molecule has 0 spiro atoms. The number of amides is 4. The Kier molecular flexibility index (Phi) is 8.86. The lowest BCUT2D eigenvalue weighted by Gasteiger charge is -2.04. The number of benzene rings is 1. The second-order valence-electron chi connectivity index (χ2n) is 11.1. The van der Waals surface area contributed by atoms with Crippen molar-refractivity contribution in [3.63, 3.8) is 0 Å². The van der Waals surface area contributed by atoms with E-state index < -0.39 is 22.6 Å². The normalized spacial score (nSPS) is 10.9. The van der Waals surface area contributed by atoms with Crippen LogP contribution < -0.4 is 27.0 Å². The van der Waals surface area contributed by atoms with Crippen LogP contribution in [0.15, 0.2) is 61.1 Å².